The SMILES string of the molecule is COc1cc(OC)cc(-c2csc(N3CCC(S(=O)(=O)c4ccc(F)cc4)CC3)n2)c1. The van der Waals surface area contributed by atoms with Crippen LogP contribution >= 0.6 is 11.3 Å². The molecular formula is C22H23FN2O4S2. The molecule has 0 amide bonds. The van der Waals surface area contributed by atoms with Gasteiger partial charge in [-0.2, -0.15) is 0 Å². The van der Waals surface area contributed by atoms with Crippen LogP contribution in [0.25, 0.3) is 11.3 Å². The van der Waals surface area contributed by atoms with Crippen molar-refractivity contribution in [1.29, 1.82) is 0 Å². The number of benzene rings is 2. The molecule has 6 nitrogen and oxygen atoms in total. The van der Waals surface area contributed by atoms with Crippen molar-refractivity contribution in [1.82, 2.24) is 4.98 Å². The fourth-order valence-electron chi connectivity index (χ4n) is 3.67. The smallest absolute Gasteiger partial charge is 0.185 e. The largest absolute Gasteiger partial charge is 0.497 e. The van der Waals surface area contributed by atoms with E-state index in [1.165, 1.54) is 35.6 Å². The Labute approximate surface area is 185 Å². The molecule has 0 bridgehead atoms. The summed E-state index contributed by atoms with van der Waals surface area (Å²) >= 11 is 1.53. The van der Waals surface area contributed by atoms with Crippen molar-refractivity contribution >= 4 is 26.3 Å². The molecule has 2 heterocycles. The first-order valence-electron chi connectivity index (χ1n) is 9.84. The van der Waals surface area contributed by atoms with Crippen LogP contribution in [0.3, 0.4) is 0 Å². The Balaban J connectivity index is 1.47. The summed E-state index contributed by atoms with van der Waals surface area (Å²) in [5, 5.41) is 2.36. The minimum Gasteiger partial charge on any atom is -0.497 e. The molecule has 4 rings (SSSR count). The highest BCUT2D eigenvalue weighted by atomic mass is 32.2. The van der Waals surface area contributed by atoms with Crippen molar-refractivity contribution in [3.05, 3.63) is 53.7 Å². The van der Waals surface area contributed by atoms with Gasteiger partial charge in [-0.3, -0.25) is 0 Å². The predicted octanol–water partition coefficient (Wildman–Crippen LogP) is 4.41. The van der Waals surface area contributed by atoms with Gasteiger partial charge in [0.1, 0.15) is 17.3 Å². The van der Waals surface area contributed by atoms with Gasteiger partial charge in [-0.25, -0.2) is 17.8 Å². The summed E-state index contributed by atoms with van der Waals surface area (Å²) in [4.78, 5) is 7.04. The second-order valence-electron chi connectivity index (χ2n) is 7.30. The maximum Gasteiger partial charge on any atom is 0.185 e. The Kier molecular flexibility index (Phi) is 6.15. The lowest BCUT2D eigenvalue weighted by molar-refractivity contribution is 0.394. The second kappa shape index (κ2) is 8.84. The number of sulfone groups is 1. The van der Waals surface area contributed by atoms with Crippen molar-refractivity contribution in [2.24, 2.45) is 0 Å². The summed E-state index contributed by atoms with van der Waals surface area (Å²) in [6, 6.07) is 10.7. The first kappa shape index (κ1) is 21.6. The highest BCUT2D eigenvalue weighted by Crippen LogP contribution is 2.34. The predicted molar refractivity (Wildman–Crippen MR) is 119 cm³/mol. The Hall–Kier alpha value is -2.65. The summed E-state index contributed by atoms with van der Waals surface area (Å²) in [6.07, 6.45) is 1.00. The third-order valence-electron chi connectivity index (χ3n) is 5.43. The zero-order chi connectivity index (χ0) is 22.0. The number of rotatable bonds is 6. The number of piperidine rings is 1. The number of halogens is 1. The molecule has 0 unspecified atom stereocenters. The van der Waals surface area contributed by atoms with E-state index in [1.54, 1.807) is 14.2 Å². The van der Waals surface area contributed by atoms with E-state index in [9.17, 15) is 12.8 Å². The molecule has 164 valence electrons. The molecular weight excluding hydrogens is 439 g/mol. The molecule has 1 aromatic heterocycles. The number of hydrogen-bond donors (Lipinski definition) is 0. The van der Waals surface area contributed by atoms with Crippen molar-refractivity contribution in [3.63, 3.8) is 0 Å². The first-order valence-corrected chi connectivity index (χ1v) is 12.3. The molecule has 0 atom stereocenters. The van der Waals surface area contributed by atoms with E-state index in [0.717, 1.165) is 16.4 Å². The van der Waals surface area contributed by atoms with Gasteiger partial charge >= 0.3 is 0 Å². The van der Waals surface area contributed by atoms with Crippen LogP contribution in [0.5, 0.6) is 11.5 Å². The van der Waals surface area contributed by atoms with Crippen LogP contribution in [-0.2, 0) is 9.84 Å². The molecule has 0 saturated carbocycles. The molecule has 9 heteroatoms. The molecule has 0 radical (unpaired) electrons. The maximum absolute atomic E-state index is 13.1. The molecule has 1 saturated heterocycles. The Morgan fingerprint density at radius 3 is 2.23 bits per heavy atom. The summed E-state index contributed by atoms with van der Waals surface area (Å²) < 4.78 is 49.6. The quantitative estimate of drug-likeness (QED) is 0.506. The fourth-order valence-corrected chi connectivity index (χ4v) is 6.29. The summed E-state index contributed by atoms with van der Waals surface area (Å²) in [7, 11) is -0.263. The number of nitrogens with zero attached hydrogens (tertiary/aromatic N) is 2. The van der Waals surface area contributed by atoms with E-state index in [4.69, 9.17) is 14.5 Å². The lowest BCUT2D eigenvalue weighted by Crippen LogP contribution is -2.39. The average molecular weight is 463 g/mol. The zero-order valence-corrected chi connectivity index (χ0v) is 18.9. The van der Waals surface area contributed by atoms with Crippen LogP contribution in [0, 0.1) is 5.82 Å². The fraction of sp³-hybridized carbons (Fsp3) is 0.318. The van der Waals surface area contributed by atoms with Crippen molar-refractivity contribution < 1.29 is 22.3 Å². The topological polar surface area (TPSA) is 68.7 Å². The van der Waals surface area contributed by atoms with E-state index >= 15 is 0 Å². The van der Waals surface area contributed by atoms with Gasteiger partial charge in [-0.1, -0.05) is 0 Å². The van der Waals surface area contributed by atoms with Crippen LogP contribution in [-0.4, -0.2) is 46.0 Å². The molecule has 1 fully saturated rings. The molecule has 0 spiro atoms. The van der Waals surface area contributed by atoms with E-state index in [1.807, 2.05) is 23.6 Å². The highest BCUT2D eigenvalue weighted by Gasteiger charge is 2.32. The third-order valence-corrected chi connectivity index (χ3v) is 8.61. The van der Waals surface area contributed by atoms with Gasteiger partial charge in [0.05, 0.1) is 30.1 Å². The Morgan fingerprint density at radius 1 is 1.03 bits per heavy atom. The summed E-state index contributed by atoms with van der Waals surface area (Å²) in [6.45, 7) is 1.19. The molecule has 31 heavy (non-hydrogen) atoms. The van der Waals surface area contributed by atoms with Crippen LogP contribution in [0.1, 0.15) is 12.8 Å². The minimum atomic E-state index is -3.48. The average Bonchev–Trinajstić information content (AvgIpc) is 3.29. The molecule has 2 aromatic carbocycles. The van der Waals surface area contributed by atoms with Gasteiger partial charge in [0.25, 0.3) is 0 Å². The van der Waals surface area contributed by atoms with Gasteiger partial charge in [0.2, 0.25) is 0 Å². The van der Waals surface area contributed by atoms with E-state index in [-0.39, 0.29) is 4.90 Å². The van der Waals surface area contributed by atoms with Gasteiger partial charge < -0.3 is 14.4 Å². The van der Waals surface area contributed by atoms with Gasteiger partial charge in [0, 0.05) is 30.1 Å². The summed E-state index contributed by atoms with van der Waals surface area (Å²) in [5.74, 6) is 0.938. The van der Waals surface area contributed by atoms with Gasteiger partial charge in [0.15, 0.2) is 15.0 Å². The van der Waals surface area contributed by atoms with Crippen LogP contribution in [0.4, 0.5) is 9.52 Å². The van der Waals surface area contributed by atoms with Crippen LogP contribution in [0.15, 0.2) is 52.7 Å². The molecule has 0 aliphatic carbocycles. The molecule has 1 aliphatic heterocycles. The number of methoxy groups -OCH3 is 2. The highest BCUT2D eigenvalue weighted by molar-refractivity contribution is 7.92. The maximum atomic E-state index is 13.1. The number of anilines is 1. The van der Waals surface area contributed by atoms with Crippen LogP contribution < -0.4 is 14.4 Å². The lowest BCUT2D eigenvalue weighted by atomic mass is 10.1. The molecule has 0 N–H and O–H groups in total. The van der Waals surface area contributed by atoms with Gasteiger partial charge in [-0.05, 0) is 49.2 Å². The molecule has 1 aliphatic rings. The second-order valence-corrected chi connectivity index (χ2v) is 10.4. The van der Waals surface area contributed by atoms with Crippen LogP contribution in [0.2, 0.25) is 0 Å². The van der Waals surface area contributed by atoms with Crippen molar-refractivity contribution in [2.45, 2.75) is 23.0 Å². The van der Waals surface area contributed by atoms with E-state index < -0.39 is 20.9 Å². The van der Waals surface area contributed by atoms with E-state index in [2.05, 4.69) is 4.90 Å². The van der Waals surface area contributed by atoms with Crippen molar-refractivity contribution in [3.8, 4) is 22.8 Å². The number of hydrogen-bond acceptors (Lipinski definition) is 7. The lowest BCUT2D eigenvalue weighted by Gasteiger charge is -2.31. The Bertz CT molecular complexity index is 1130. The monoisotopic (exact) mass is 462 g/mol. The molecule has 3 aromatic rings. The first-order chi connectivity index (χ1) is 14.9. The van der Waals surface area contributed by atoms with Gasteiger partial charge in [-0.15, -0.1) is 11.3 Å². The third kappa shape index (κ3) is 4.52. The standard InChI is InChI=1S/C22H23FN2O4S2/c1-28-17-11-15(12-18(13-17)29-2)21-14-30-22(24-21)25-9-7-20(8-10-25)31(26,27)19-5-3-16(23)4-6-19/h3-6,11-14,20H,7-10H2,1-2H3. The zero-order valence-electron chi connectivity index (χ0n) is 17.2. The number of thiazole rings is 1. The number of aromatic nitrogens is 1. The van der Waals surface area contributed by atoms with Crippen molar-refractivity contribution in [2.75, 3.05) is 32.2 Å². The summed E-state index contributed by atoms with van der Waals surface area (Å²) in [5.41, 5.74) is 1.71. The normalized spacial score (nSPS) is 15.1. The van der Waals surface area contributed by atoms with E-state index in [0.29, 0.717) is 37.4 Å². The number of ether oxygens (including phenoxy) is 2. The minimum absolute atomic E-state index is 0.177. The Morgan fingerprint density at radius 2 is 1.65 bits per heavy atom.